The molecule has 0 bridgehead atoms. The van der Waals surface area contributed by atoms with E-state index < -0.39 is 0 Å². The lowest BCUT2D eigenvalue weighted by atomic mass is 9.90. The van der Waals surface area contributed by atoms with Crippen molar-refractivity contribution in [1.82, 2.24) is 10.3 Å². The fraction of sp³-hybridized carbons (Fsp3) is 0.643. The Morgan fingerprint density at radius 1 is 1.40 bits per heavy atom. The van der Waals surface area contributed by atoms with Crippen LogP contribution >= 0.6 is 0 Å². The maximum absolute atomic E-state index is 11.1. The molecular formula is C14H20N4O2. The summed E-state index contributed by atoms with van der Waals surface area (Å²) < 4.78 is 0. The van der Waals surface area contributed by atoms with Crippen LogP contribution in [-0.2, 0) is 0 Å². The predicted octanol–water partition coefficient (Wildman–Crippen LogP) is 1.96. The highest BCUT2D eigenvalue weighted by molar-refractivity contribution is 5.57. The number of pyridine rings is 1. The third kappa shape index (κ3) is 2.60. The van der Waals surface area contributed by atoms with Crippen LogP contribution in [-0.4, -0.2) is 35.6 Å². The molecule has 1 N–H and O–H groups in total. The van der Waals surface area contributed by atoms with Crippen molar-refractivity contribution < 1.29 is 4.92 Å². The van der Waals surface area contributed by atoms with Gasteiger partial charge in [-0.1, -0.05) is 0 Å². The molecule has 0 aliphatic carbocycles. The minimum Gasteiger partial charge on any atom is -0.351 e. The first-order chi connectivity index (χ1) is 9.75. The molecule has 3 heterocycles. The van der Waals surface area contributed by atoms with Gasteiger partial charge in [0, 0.05) is 31.4 Å². The summed E-state index contributed by atoms with van der Waals surface area (Å²) in [5.41, 5.74) is 0.118. The monoisotopic (exact) mass is 276 g/mol. The van der Waals surface area contributed by atoms with Gasteiger partial charge in [-0.15, -0.1) is 0 Å². The number of hydrogen-bond donors (Lipinski definition) is 1. The van der Waals surface area contributed by atoms with Gasteiger partial charge in [0.25, 0.3) is 0 Å². The molecule has 6 nitrogen and oxygen atoms in total. The molecule has 0 spiro atoms. The molecule has 2 fully saturated rings. The van der Waals surface area contributed by atoms with Crippen molar-refractivity contribution in [3.8, 4) is 0 Å². The Morgan fingerprint density at radius 2 is 2.30 bits per heavy atom. The predicted molar refractivity (Wildman–Crippen MR) is 76.9 cm³/mol. The van der Waals surface area contributed by atoms with Crippen LogP contribution in [0.15, 0.2) is 18.3 Å². The molecule has 2 aliphatic rings. The van der Waals surface area contributed by atoms with Crippen LogP contribution in [0.1, 0.15) is 25.7 Å². The molecule has 0 radical (unpaired) electrons. The number of nitro groups is 1. The van der Waals surface area contributed by atoms with E-state index in [1.807, 2.05) is 0 Å². The minimum atomic E-state index is -0.334. The van der Waals surface area contributed by atoms with Gasteiger partial charge in [-0.05, 0) is 44.2 Å². The SMILES string of the molecule is O=[N+]([O-])c1cccnc1N1CCCC(C2CCCN2)C1. The van der Waals surface area contributed by atoms with Gasteiger partial charge in [0.15, 0.2) is 0 Å². The van der Waals surface area contributed by atoms with E-state index in [9.17, 15) is 10.1 Å². The quantitative estimate of drug-likeness (QED) is 0.675. The highest BCUT2D eigenvalue weighted by atomic mass is 16.6. The third-order valence-corrected chi connectivity index (χ3v) is 4.39. The van der Waals surface area contributed by atoms with Gasteiger partial charge in [-0.2, -0.15) is 0 Å². The molecular weight excluding hydrogens is 256 g/mol. The lowest BCUT2D eigenvalue weighted by molar-refractivity contribution is -0.384. The van der Waals surface area contributed by atoms with E-state index >= 15 is 0 Å². The number of anilines is 1. The van der Waals surface area contributed by atoms with Gasteiger partial charge < -0.3 is 10.2 Å². The summed E-state index contributed by atoms with van der Waals surface area (Å²) in [6, 6.07) is 3.74. The summed E-state index contributed by atoms with van der Waals surface area (Å²) in [6.45, 7) is 2.83. The van der Waals surface area contributed by atoms with Crippen LogP contribution in [0.5, 0.6) is 0 Å². The van der Waals surface area contributed by atoms with Gasteiger partial charge in [-0.25, -0.2) is 4.98 Å². The molecule has 1 aromatic heterocycles. The lowest BCUT2D eigenvalue weighted by Gasteiger charge is -2.36. The van der Waals surface area contributed by atoms with Crippen molar-refractivity contribution in [3.05, 3.63) is 28.4 Å². The Hall–Kier alpha value is -1.69. The summed E-state index contributed by atoms with van der Waals surface area (Å²) in [5, 5.41) is 14.7. The van der Waals surface area contributed by atoms with Gasteiger partial charge in [0.2, 0.25) is 5.82 Å². The lowest BCUT2D eigenvalue weighted by Crippen LogP contribution is -2.44. The zero-order valence-electron chi connectivity index (χ0n) is 11.5. The van der Waals surface area contributed by atoms with Crippen LogP contribution in [0.25, 0.3) is 0 Å². The van der Waals surface area contributed by atoms with E-state index in [1.165, 1.54) is 19.3 Å². The van der Waals surface area contributed by atoms with Crippen LogP contribution in [0.4, 0.5) is 11.5 Å². The molecule has 0 saturated carbocycles. The van der Waals surface area contributed by atoms with E-state index in [0.29, 0.717) is 17.8 Å². The first-order valence-electron chi connectivity index (χ1n) is 7.33. The molecule has 2 aliphatic heterocycles. The number of rotatable bonds is 3. The summed E-state index contributed by atoms with van der Waals surface area (Å²) in [6.07, 6.45) is 6.39. The van der Waals surface area contributed by atoms with Crippen LogP contribution in [0, 0.1) is 16.0 Å². The van der Waals surface area contributed by atoms with Crippen molar-refractivity contribution in [1.29, 1.82) is 0 Å². The molecule has 6 heteroatoms. The highest BCUT2D eigenvalue weighted by Crippen LogP contribution is 2.31. The fourth-order valence-electron chi connectivity index (χ4n) is 3.42. The van der Waals surface area contributed by atoms with Gasteiger partial charge in [0.1, 0.15) is 0 Å². The second-order valence-corrected chi connectivity index (χ2v) is 5.65. The zero-order chi connectivity index (χ0) is 13.9. The summed E-state index contributed by atoms with van der Waals surface area (Å²) in [5.74, 6) is 1.10. The van der Waals surface area contributed by atoms with E-state index in [4.69, 9.17) is 0 Å². The first kappa shape index (κ1) is 13.3. The summed E-state index contributed by atoms with van der Waals surface area (Å²) in [7, 11) is 0. The third-order valence-electron chi connectivity index (χ3n) is 4.39. The molecule has 1 aromatic rings. The molecule has 108 valence electrons. The molecule has 2 atom stereocenters. The second kappa shape index (κ2) is 5.75. The molecule has 2 unspecified atom stereocenters. The number of nitrogens with one attached hydrogen (secondary N) is 1. The van der Waals surface area contributed by atoms with Crippen molar-refractivity contribution in [3.63, 3.8) is 0 Å². The molecule has 0 aromatic carbocycles. The second-order valence-electron chi connectivity index (χ2n) is 5.65. The normalized spacial score (nSPS) is 26.7. The summed E-state index contributed by atoms with van der Waals surface area (Å²) in [4.78, 5) is 17.1. The average Bonchev–Trinajstić information content (AvgIpc) is 3.01. The molecule has 20 heavy (non-hydrogen) atoms. The maximum atomic E-state index is 11.1. The van der Waals surface area contributed by atoms with Crippen LogP contribution < -0.4 is 10.2 Å². The Bertz CT molecular complexity index is 488. The van der Waals surface area contributed by atoms with E-state index in [0.717, 1.165) is 26.1 Å². The van der Waals surface area contributed by atoms with Crippen molar-refractivity contribution in [2.45, 2.75) is 31.7 Å². The van der Waals surface area contributed by atoms with E-state index in [2.05, 4.69) is 15.2 Å². The standard InChI is InChI=1S/C14H20N4O2/c19-18(20)13-6-2-8-16-14(13)17-9-3-4-11(10-17)12-5-1-7-15-12/h2,6,8,11-12,15H,1,3-5,7,9-10H2. The largest absolute Gasteiger partial charge is 0.351 e. The van der Waals surface area contributed by atoms with Crippen LogP contribution in [0.3, 0.4) is 0 Å². The fourth-order valence-corrected chi connectivity index (χ4v) is 3.42. The average molecular weight is 276 g/mol. The zero-order valence-corrected chi connectivity index (χ0v) is 11.5. The maximum Gasteiger partial charge on any atom is 0.311 e. The van der Waals surface area contributed by atoms with Crippen molar-refractivity contribution in [2.75, 3.05) is 24.5 Å². The Morgan fingerprint density at radius 3 is 3.05 bits per heavy atom. The topological polar surface area (TPSA) is 71.3 Å². The first-order valence-corrected chi connectivity index (χ1v) is 7.33. The molecule has 0 amide bonds. The Labute approximate surface area is 118 Å². The Balaban J connectivity index is 1.78. The number of piperidine rings is 1. The Kier molecular flexibility index (Phi) is 3.82. The van der Waals surface area contributed by atoms with E-state index in [-0.39, 0.29) is 10.6 Å². The minimum absolute atomic E-state index is 0.118. The number of nitrogens with zero attached hydrogens (tertiary/aromatic N) is 3. The van der Waals surface area contributed by atoms with Crippen molar-refractivity contribution in [2.24, 2.45) is 5.92 Å². The molecule has 2 saturated heterocycles. The van der Waals surface area contributed by atoms with Gasteiger partial charge in [0.05, 0.1) is 4.92 Å². The van der Waals surface area contributed by atoms with E-state index in [1.54, 1.807) is 18.3 Å². The summed E-state index contributed by atoms with van der Waals surface area (Å²) >= 11 is 0. The highest BCUT2D eigenvalue weighted by Gasteiger charge is 2.31. The number of aromatic nitrogens is 1. The van der Waals surface area contributed by atoms with Crippen LogP contribution in [0.2, 0.25) is 0 Å². The van der Waals surface area contributed by atoms with Crippen molar-refractivity contribution >= 4 is 11.5 Å². The number of hydrogen-bond acceptors (Lipinski definition) is 5. The van der Waals surface area contributed by atoms with Gasteiger partial charge >= 0.3 is 5.69 Å². The smallest absolute Gasteiger partial charge is 0.311 e. The molecule has 3 rings (SSSR count). The van der Waals surface area contributed by atoms with Gasteiger partial charge in [-0.3, -0.25) is 10.1 Å².